The zero-order valence-corrected chi connectivity index (χ0v) is 18.8. The fourth-order valence-corrected chi connectivity index (χ4v) is 5.08. The van der Waals surface area contributed by atoms with Crippen molar-refractivity contribution < 1.29 is 31.1 Å². The number of rotatable bonds is 6. The Morgan fingerprint density at radius 3 is 2.25 bits per heavy atom. The van der Waals surface area contributed by atoms with E-state index in [9.17, 15) is 26.4 Å². The number of amides is 1. The Hall–Kier alpha value is -2.30. The van der Waals surface area contributed by atoms with Gasteiger partial charge in [0, 0.05) is 32.6 Å². The highest BCUT2D eigenvalue weighted by molar-refractivity contribution is 7.89. The molecule has 0 saturated carbocycles. The van der Waals surface area contributed by atoms with E-state index in [4.69, 9.17) is 16.3 Å². The molecule has 2 aromatic rings. The molecule has 174 valence electrons. The smallest absolute Gasteiger partial charge is 0.417 e. The number of ether oxygens (including phenoxy) is 1. The molecule has 0 bridgehead atoms. The van der Waals surface area contributed by atoms with Crippen molar-refractivity contribution in [2.45, 2.75) is 23.9 Å². The highest BCUT2D eigenvalue weighted by Crippen LogP contribution is 2.36. The molecule has 32 heavy (non-hydrogen) atoms. The number of carbonyl (C=O) groups is 1. The number of methoxy groups -OCH3 is 1. The number of alkyl halides is 3. The molecule has 0 spiro atoms. The van der Waals surface area contributed by atoms with Crippen LogP contribution in [-0.4, -0.2) is 56.8 Å². The quantitative estimate of drug-likeness (QED) is 0.617. The monoisotopic (exact) mass is 490 g/mol. The zero-order valence-electron chi connectivity index (χ0n) is 17.2. The maximum atomic E-state index is 13.1. The van der Waals surface area contributed by atoms with Gasteiger partial charge in [-0.2, -0.15) is 17.5 Å². The van der Waals surface area contributed by atoms with Gasteiger partial charge in [-0.1, -0.05) is 23.7 Å². The lowest BCUT2D eigenvalue weighted by Gasteiger charge is -2.34. The number of piperazine rings is 1. The Bertz CT molecular complexity index is 1070. The Balaban J connectivity index is 1.60. The summed E-state index contributed by atoms with van der Waals surface area (Å²) in [7, 11) is -2.58. The van der Waals surface area contributed by atoms with Crippen molar-refractivity contribution in [3.63, 3.8) is 0 Å². The van der Waals surface area contributed by atoms with E-state index < -0.39 is 31.7 Å². The Kier molecular flexibility index (Phi) is 7.36. The second-order valence-electron chi connectivity index (χ2n) is 7.27. The Morgan fingerprint density at radius 1 is 1.06 bits per heavy atom. The van der Waals surface area contributed by atoms with Gasteiger partial charge in [-0.15, -0.1) is 0 Å². The van der Waals surface area contributed by atoms with Gasteiger partial charge in [0.1, 0.15) is 5.75 Å². The third-order valence-corrected chi connectivity index (χ3v) is 7.48. The first-order valence-corrected chi connectivity index (χ1v) is 11.6. The first-order chi connectivity index (χ1) is 15.0. The van der Waals surface area contributed by atoms with E-state index in [0.717, 1.165) is 27.8 Å². The van der Waals surface area contributed by atoms with Gasteiger partial charge in [0.15, 0.2) is 0 Å². The third kappa shape index (κ3) is 5.54. The van der Waals surface area contributed by atoms with Crippen LogP contribution in [0.4, 0.5) is 13.2 Å². The minimum atomic E-state index is -4.77. The summed E-state index contributed by atoms with van der Waals surface area (Å²) in [5.41, 5.74) is -0.226. The first-order valence-electron chi connectivity index (χ1n) is 9.80. The predicted molar refractivity (Wildman–Crippen MR) is 113 cm³/mol. The fourth-order valence-electron chi connectivity index (χ4n) is 3.41. The summed E-state index contributed by atoms with van der Waals surface area (Å²) in [6.45, 7) is 0.335. The minimum absolute atomic E-state index is 0.000582. The molecule has 0 N–H and O–H groups in total. The molecule has 2 aromatic carbocycles. The van der Waals surface area contributed by atoms with Crippen LogP contribution in [-0.2, 0) is 27.4 Å². The number of nitrogens with zero attached hydrogens (tertiary/aromatic N) is 2. The SMILES string of the molecule is COc1ccc(CCC(=O)N2CCN(S(=O)(=O)c3ccc(Cl)c(C(F)(F)F)c3)CC2)cc1. The van der Waals surface area contributed by atoms with Crippen LogP contribution in [0.15, 0.2) is 47.4 Å². The minimum Gasteiger partial charge on any atom is -0.497 e. The topological polar surface area (TPSA) is 66.9 Å². The van der Waals surface area contributed by atoms with Gasteiger partial charge in [-0.05, 0) is 42.3 Å². The lowest BCUT2D eigenvalue weighted by molar-refractivity contribution is -0.137. The summed E-state index contributed by atoms with van der Waals surface area (Å²) in [6, 6.07) is 9.89. The largest absolute Gasteiger partial charge is 0.497 e. The third-order valence-electron chi connectivity index (χ3n) is 5.26. The maximum Gasteiger partial charge on any atom is 0.417 e. The molecule has 0 atom stereocenters. The van der Waals surface area contributed by atoms with E-state index in [1.807, 2.05) is 24.3 Å². The Labute approximate surface area is 189 Å². The number of carbonyl (C=O) groups excluding carboxylic acids is 1. The predicted octanol–water partition coefficient (Wildman–Crippen LogP) is 3.83. The van der Waals surface area contributed by atoms with Crippen molar-refractivity contribution in [2.24, 2.45) is 0 Å². The summed E-state index contributed by atoms with van der Waals surface area (Å²) in [5, 5.41) is -0.566. The number of hydrogen-bond acceptors (Lipinski definition) is 4. The van der Waals surface area contributed by atoms with Crippen molar-refractivity contribution >= 4 is 27.5 Å². The van der Waals surface area contributed by atoms with Gasteiger partial charge in [-0.25, -0.2) is 8.42 Å². The summed E-state index contributed by atoms with van der Waals surface area (Å²) >= 11 is 5.58. The van der Waals surface area contributed by atoms with Crippen LogP contribution >= 0.6 is 11.6 Å². The summed E-state index contributed by atoms with van der Waals surface area (Å²) in [5.74, 6) is 0.615. The molecule has 0 radical (unpaired) electrons. The molecule has 1 aliphatic rings. The first kappa shape index (κ1) is 24.3. The molecule has 1 heterocycles. The summed E-state index contributed by atoms with van der Waals surface area (Å²) < 4.78 is 71.1. The molecule has 3 rings (SSSR count). The molecule has 0 unspecified atom stereocenters. The molecule has 1 saturated heterocycles. The molecule has 0 aromatic heterocycles. The van der Waals surface area contributed by atoms with Gasteiger partial charge < -0.3 is 9.64 Å². The average molecular weight is 491 g/mol. The molecule has 1 aliphatic heterocycles. The van der Waals surface area contributed by atoms with Crippen LogP contribution in [0, 0.1) is 0 Å². The van der Waals surface area contributed by atoms with E-state index in [-0.39, 0.29) is 38.5 Å². The van der Waals surface area contributed by atoms with Crippen LogP contribution in [0.25, 0.3) is 0 Å². The molecule has 1 fully saturated rings. The van der Waals surface area contributed by atoms with Gasteiger partial charge in [-0.3, -0.25) is 4.79 Å². The number of aryl methyl sites for hydroxylation is 1. The number of hydrogen-bond donors (Lipinski definition) is 0. The number of halogens is 4. The molecule has 11 heteroatoms. The maximum absolute atomic E-state index is 13.1. The van der Waals surface area contributed by atoms with Gasteiger partial charge in [0.2, 0.25) is 15.9 Å². The zero-order chi connectivity index (χ0) is 23.5. The molecular formula is C21H22ClF3N2O4S. The van der Waals surface area contributed by atoms with Crippen molar-refractivity contribution in [3.05, 3.63) is 58.6 Å². The number of sulfonamides is 1. The van der Waals surface area contributed by atoms with Crippen LogP contribution in [0.5, 0.6) is 5.75 Å². The second-order valence-corrected chi connectivity index (χ2v) is 9.62. The molecule has 6 nitrogen and oxygen atoms in total. The van der Waals surface area contributed by atoms with Crippen LogP contribution in [0.2, 0.25) is 5.02 Å². The lowest BCUT2D eigenvalue weighted by Crippen LogP contribution is -2.50. The Morgan fingerprint density at radius 2 is 1.69 bits per heavy atom. The van der Waals surface area contributed by atoms with Crippen molar-refractivity contribution in [3.8, 4) is 5.75 Å². The van der Waals surface area contributed by atoms with E-state index in [1.165, 1.54) is 0 Å². The molecule has 1 amide bonds. The van der Waals surface area contributed by atoms with Gasteiger partial charge in [0.05, 0.1) is 22.6 Å². The van der Waals surface area contributed by atoms with E-state index in [1.54, 1.807) is 12.0 Å². The number of benzene rings is 2. The van der Waals surface area contributed by atoms with Crippen molar-refractivity contribution in [1.82, 2.24) is 9.21 Å². The van der Waals surface area contributed by atoms with Crippen LogP contribution in [0.1, 0.15) is 17.5 Å². The standard InChI is InChI=1S/C21H22ClF3N2O4S/c1-31-16-5-2-15(3-6-16)4-9-20(28)26-10-12-27(13-11-26)32(29,30)17-7-8-19(22)18(14-17)21(23,24)25/h2-3,5-8,14H,4,9-13H2,1H3. The van der Waals surface area contributed by atoms with Crippen LogP contribution < -0.4 is 4.74 Å². The average Bonchev–Trinajstić information content (AvgIpc) is 2.77. The van der Waals surface area contributed by atoms with E-state index in [0.29, 0.717) is 12.5 Å². The lowest BCUT2D eigenvalue weighted by atomic mass is 10.1. The second kappa shape index (κ2) is 9.68. The highest BCUT2D eigenvalue weighted by Gasteiger charge is 2.36. The summed E-state index contributed by atoms with van der Waals surface area (Å²) in [4.78, 5) is 13.6. The fraction of sp³-hybridized carbons (Fsp3) is 0.381. The summed E-state index contributed by atoms with van der Waals surface area (Å²) in [6.07, 6.45) is -3.96. The van der Waals surface area contributed by atoms with Gasteiger partial charge >= 0.3 is 6.18 Å². The van der Waals surface area contributed by atoms with E-state index >= 15 is 0 Å². The van der Waals surface area contributed by atoms with Crippen molar-refractivity contribution in [2.75, 3.05) is 33.3 Å². The van der Waals surface area contributed by atoms with Crippen molar-refractivity contribution in [1.29, 1.82) is 0 Å². The van der Waals surface area contributed by atoms with Gasteiger partial charge in [0.25, 0.3) is 0 Å². The van der Waals surface area contributed by atoms with Crippen LogP contribution in [0.3, 0.4) is 0 Å². The highest BCUT2D eigenvalue weighted by atomic mass is 35.5. The molecular weight excluding hydrogens is 469 g/mol. The normalized spacial score (nSPS) is 15.6. The molecule has 0 aliphatic carbocycles. The van der Waals surface area contributed by atoms with E-state index in [2.05, 4.69) is 0 Å².